The third-order valence-electron chi connectivity index (χ3n) is 4.58. The molecule has 0 unspecified atom stereocenters. The van der Waals surface area contributed by atoms with Gasteiger partial charge in [-0.2, -0.15) is 5.10 Å². The van der Waals surface area contributed by atoms with Crippen molar-refractivity contribution in [1.82, 2.24) is 14.1 Å². The number of sulfonamides is 1. The van der Waals surface area contributed by atoms with E-state index in [0.717, 1.165) is 11.5 Å². The Hall–Kier alpha value is -1.41. The van der Waals surface area contributed by atoms with Gasteiger partial charge in [0.15, 0.2) is 0 Å². The van der Waals surface area contributed by atoms with E-state index >= 15 is 0 Å². The normalized spacial score (nSPS) is 22.6. The molecular weight excluding hydrogens is 292 g/mol. The van der Waals surface area contributed by atoms with Gasteiger partial charge in [0.25, 0.3) is 0 Å². The van der Waals surface area contributed by atoms with Crippen molar-refractivity contribution in [2.45, 2.75) is 31.7 Å². The number of fused-ring (bicyclic) bond motifs is 2. The third kappa shape index (κ3) is 2.26. The average molecular weight is 312 g/mol. The van der Waals surface area contributed by atoms with Gasteiger partial charge in [0.1, 0.15) is 5.82 Å². The maximum absolute atomic E-state index is 12.3. The van der Waals surface area contributed by atoms with Crippen LogP contribution in [0.5, 0.6) is 0 Å². The van der Waals surface area contributed by atoms with E-state index in [9.17, 15) is 13.2 Å². The Morgan fingerprint density at radius 1 is 1.29 bits per heavy atom. The minimum Gasteiger partial charge on any atom is -0.300 e. The summed E-state index contributed by atoms with van der Waals surface area (Å²) in [6, 6.07) is 1.90. The molecule has 0 radical (unpaired) electrons. The van der Waals surface area contributed by atoms with Crippen LogP contribution in [0.2, 0.25) is 0 Å². The van der Waals surface area contributed by atoms with Gasteiger partial charge < -0.3 is 4.90 Å². The predicted octanol–water partition coefficient (Wildman–Crippen LogP) is 0.309. The van der Waals surface area contributed by atoms with Crippen LogP contribution >= 0.6 is 0 Å². The van der Waals surface area contributed by atoms with Crippen molar-refractivity contribution in [2.24, 2.45) is 0 Å². The van der Waals surface area contributed by atoms with Gasteiger partial charge in [-0.15, -0.1) is 0 Å². The van der Waals surface area contributed by atoms with Crippen molar-refractivity contribution in [3.8, 4) is 0 Å². The van der Waals surface area contributed by atoms with Crippen molar-refractivity contribution < 1.29 is 13.2 Å². The molecule has 0 saturated carbocycles. The lowest BCUT2D eigenvalue weighted by atomic mass is 9.83. The maximum atomic E-state index is 12.3. The van der Waals surface area contributed by atoms with Crippen molar-refractivity contribution in [3.63, 3.8) is 0 Å². The fourth-order valence-corrected chi connectivity index (χ4v) is 4.15. The molecule has 0 bridgehead atoms. The SMILES string of the molecule is Cc1cc2n(n1)C1(CCN(S(C)(=O)=O)CC1)CC(=O)N2C. The van der Waals surface area contributed by atoms with Crippen LogP contribution in [0.1, 0.15) is 25.0 Å². The number of anilines is 1. The van der Waals surface area contributed by atoms with E-state index in [4.69, 9.17) is 0 Å². The van der Waals surface area contributed by atoms with Gasteiger partial charge in [-0.1, -0.05) is 0 Å². The molecule has 1 spiro atoms. The van der Waals surface area contributed by atoms with Gasteiger partial charge in [0.05, 0.1) is 23.9 Å². The van der Waals surface area contributed by atoms with Crippen LogP contribution in [0.3, 0.4) is 0 Å². The number of carbonyl (C=O) groups excluding carboxylic acids is 1. The second-order valence-electron chi connectivity index (χ2n) is 6.07. The molecule has 21 heavy (non-hydrogen) atoms. The van der Waals surface area contributed by atoms with E-state index < -0.39 is 10.0 Å². The summed E-state index contributed by atoms with van der Waals surface area (Å²) in [6.45, 7) is 2.78. The number of hydrogen-bond acceptors (Lipinski definition) is 4. The molecule has 0 aromatic carbocycles. The summed E-state index contributed by atoms with van der Waals surface area (Å²) in [5, 5.41) is 4.56. The Bertz CT molecular complexity index is 686. The second kappa shape index (κ2) is 4.54. The number of aryl methyl sites for hydroxylation is 1. The summed E-state index contributed by atoms with van der Waals surface area (Å²) in [4.78, 5) is 13.9. The molecule has 1 fully saturated rings. The molecule has 1 aromatic heterocycles. The molecule has 2 aliphatic heterocycles. The van der Waals surface area contributed by atoms with Crippen LogP contribution in [0.25, 0.3) is 0 Å². The highest BCUT2D eigenvalue weighted by Gasteiger charge is 2.46. The predicted molar refractivity (Wildman–Crippen MR) is 78.6 cm³/mol. The molecule has 3 rings (SSSR count). The lowest BCUT2D eigenvalue weighted by molar-refractivity contribution is -0.122. The van der Waals surface area contributed by atoms with Gasteiger partial charge in [-0.25, -0.2) is 17.4 Å². The van der Waals surface area contributed by atoms with Gasteiger partial charge in [-0.05, 0) is 19.8 Å². The largest absolute Gasteiger partial charge is 0.300 e. The molecule has 0 atom stereocenters. The number of nitrogens with zero attached hydrogens (tertiary/aromatic N) is 4. The third-order valence-corrected chi connectivity index (χ3v) is 5.89. The number of piperidine rings is 1. The van der Waals surface area contributed by atoms with Crippen LogP contribution in [0.4, 0.5) is 5.82 Å². The van der Waals surface area contributed by atoms with Gasteiger partial charge in [-0.3, -0.25) is 4.79 Å². The summed E-state index contributed by atoms with van der Waals surface area (Å²) in [5.74, 6) is 0.867. The van der Waals surface area contributed by atoms with Gasteiger partial charge in [0, 0.05) is 26.2 Å². The van der Waals surface area contributed by atoms with E-state index in [2.05, 4.69) is 5.10 Å². The highest BCUT2D eigenvalue weighted by molar-refractivity contribution is 7.88. The molecule has 2 aliphatic rings. The number of amides is 1. The van der Waals surface area contributed by atoms with E-state index in [1.807, 2.05) is 17.7 Å². The summed E-state index contributed by atoms with van der Waals surface area (Å²) in [5.41, 5.74) is 0.491. The van der Waals surface area contributed by atoms with Crippen LogP contribution in [-0.4, -0.2) is 54.8 Å². The van der Waals surface area contributed by atoms with Crippen molar-refractivity contribution in [1.29, 1.82) is 0 Å². The zero-order valence-electron chi connectivity index (χ0n) is 12.5. The standard InChI is InChI=1S/C13H20N4O3S/c1-10-8-11-15(2)12(18)9-13(17(11)14-10)4-6-16(7-5-13)21(3,19)20/h8H,4-7,9H2,1-3H3. The monoisotopic (exact) mass is 312 g/mol. The minimum absolute atomic E-state index is 0.0650. The van der Waals surface area contributed by atoms with Crippen molar-refractivity contribution in [2.75, 3.05) is 31.3 Å². The molecule has 116 valence electrons. The Balaban J connectivity index is 1.96. The van der Waals surface area contributed by atoms with E-state index in [0.29, 0.717) is 32.4 Å². The lowest BCUT2D eigenvalue weighted by Crippen LogP contribution is -2.54. The average Bonchev–Trinajstić information content (AvgIpc) is 2.79. The molecule has 8 heteroatoms. The number of aromatic nitrogens is 2. The first-order valence-electron chi connectivity index (χ1n) is 7.02. The molecule has 0 aliphatic carbocycles. The molecular formula is C13H20N4O3S. The number of rotatable bonds is 1. The summed E-state index contributed by atoms with van der Waals surface area (Å²) in [7, 11) is -1.41. The maximum Gasteiger partial charge on any atom is 0.230 e. The van der Waals surface area contributed by atoms with Crippen LogP contribution < -0.4 is 4.90 Å². The van der Waals surface area contributed by atoms with Crippen molar-refractivity contribution >= 4 is 21.7 Å². The fourth-order valence-electron chi connectivity index (χ4n) is 3.30. The second-order valence-corrected chi connectivity index (χ2v) is 8.05. The Morgan fingerprint density at radius 2 is 1.90 bits per heavy atom. The van der Waals surface area contributed by atoms with E-state index in [-0.39, 0.29) is 11.4 Å². The molecule has 0 N–H and O–H groups in total. The zero-order chi connectivity index (χ0) is 15.4. The Labute approximate surface area is 124 Å². The first-order chi connectivity index (χ1) is 9.73. The van der Waals surface area contributed by atoms with Gasteiger partial charge >= 0.3 is 0 Å². The highest BCUT2D eigenvalue weighted by Crippen LogP contribution is 2.41. The topological polar surface area (TPSA) is 75.5 Å². The Morgan fingerprint density at radius 3 is 2.48 bits per heavy atom. The Kier molecular flexibility index (Phi) is 3.14. The smallest absolute Gasteiger partial charge is 0.230 e. The number of hydrogen-bond donors (Lipinski definition) is 0. The van der Waals surface area contributed by atoms with Gasteiger partial charge in [0.2, 0.25) is 15.9 Å². The first-order valence-corrected chi connectivity index (χ1v) is 8.87. The summed E-state index contributed by atoms with van der Waals surface area (Å²) in [6.07, 6.45) is 2.85. The summed E-state index contributed by atoms with van der Waals surface area (Å²) < 4.78 is 26.7. The molecule has 1 amide bonds. The minimum atomic E-state index is -3.17. The molecule has 7 nitrogen and oxygen atoms in total. The summed E-state index contributed by atoms with van der Waals surface area (Å²) >= 11 is 0. The van der Waals surface area contributed by atoms with Crippen LogP contribution in [0.15, 0.2) is 6.07 Å². The molecule has 3 heterocycles. The van der Waals surface area contributed by atoms with E-state index in [1.165, 1.54) is 10.6 Å². The first kappa shape index (κ1) is 14.5. The quantitative estimate of drug-likeness (QED) is 0.748. The van der Waals surface area contributed by atoms with Crippen LogP contribution in [-0.2, 0) is 20.4 Å². The van der Waals surface area contributed by atoms with E-state index in [1.54, 1.807) is 11.9 Å². The zero-order valence-corrected chi connectivity index (χ0v) is 13.4. The lowest BCUT2D eigenvalue weighted by Gasteiger charge is -2.45. The molecule has 1 aromatic rings. The van der Waals surface area contributed by atoms with Crippen LogP contribution in [0, 0.1) is 6.92 Å². The van der Waals surface area contributed by atoms with Crippen molar-refractivity contribution in [3.05, 3.63) is 11.8 Å². The number of carbonyl (C=O) groups is 1. The highest BCUT2D eigenvalue weighted by atomic mass is 32.2. The fraction of sp³-hybridized carbons (Fsp3) is 0.692. The molecule has 1 saturated heterocycles.